The monoisotopic (exact) mass is 464 g/mol. The lowest BCUT2D eigenvalue weighted by Gasteiger charge is -2.30. The van der Waals surface area contributed by atoms with E-state index in [0.717, 1.165) is 22.6 Å². The molecule has 1 unspecified atom stereocenters. The summed E-state index contributed by atoms with van der Waals surface area (Å²) in [5, 5.41) is 9.32. The molecule has 7 nitrogen and oxygen atoms in total. The molecule has 0 spiro atoms. The lowest BCUT2D eigenvalue weighted by atomic mass is 10.1. The molecule has 1 amide bonds. The highest BCUT2D eigenvalue weighted by Gasteiger charge is 2.34. The van der Waals surface area contributed by atoms with Crippen LogP contribution in [0, 0.1) is 5.92 Å². The molecule has 1 aliphatic heterocycles. The van der Waals surface area contributed by atoms with E-state index in [0.29, 0.717) is 28.3 Å². The summed E-state index contributed by atoms with van der Waals surface area (Å²) >= 11 is 1.54. The SMILES string of the molecule is CC(=O)N1c2ccccc2-c2nnc(SCC(C)C)nc2OC1c1ccc(OC(C)C)cc1. The summed E-state index contributed by atoms with van der Waals surface area (Å²) in [7, 11) is 0. The molecule has 3 aromatic rings. The Balaban J connectivity index is 1.80. The fourth-order valence-corrected chi connectivity index (χ4v) is 4.28. The van der Waals surface area contributed by atoms with Crippen molar-refractivity contribution in [1.29, 1.82) is 0 Å². The molecular weight excluding hydrogens is 436 g/mol. The highest BCUT2D eigenvalue weighted by atomic mass is 32.2. The molecule has 2 heterocycles. The third kappa shape index (κ3) is 5.11. The number of ether oxygens (including phenoxy) is 2. The molecule has 2 aromatic carbocycles. The first-order valence-corrected chi connectivity index (χ1v) is 12.0. The molecule has 1 aromatic heterocycles. The van der Waals surface area contributed by atoms with E-state index in [4.69, 9.17) is 9.47 Å². The van der Waals surface area contributed by atoms with Crippen LogP contribution >= 0.6 is 11.8 Å². The molecule has 33 heavy (non-hydrogen) atoms. The summed E-state index contributed by atoms with van der Waals surface area (Å²) in [4.78, 5) is 19.2. The minimum Gasteiger partial charge on any atom is -0.491 e. The van der Waals surface area contributed by atoms with Crippen molar-refractivity contribution in [2.45, 2.75) is 52.1 Å². The lowest BCUT2D eigenvalue weighted by Crippen LogP contribution is -2.36. The fraction of sp³-hybridized carbons (Fsp3) is 0.360. The number of anilines is 1. The van der Waals surface area contributed by atoms with Crippen molar-refractivity contribution >= 4 is 23.4 Å². The molecule has 4 rings (SSSR count). The second kappa shape index (κ2) is 9.79. The zero-order valence-corrected chi connectivity index (χ0v) is 20.3. The van der Waals surface area contributed by atoms with E-state index in [-0.39, 0.29) is 12.0 Å². The van der Waals surface area contributed by atoms with Crippen molar-refractivity contribution in [3.8, 4) is 22.9 Å². The second-order valence-corrected chi connectivity index (χ2v) is 9.55. The van der Waals surface area contributed by atoms with Gasteiger partial charge in [0.1, 0.15) is 5.75 Å². The summed E-state index contributed by atoms with van der Waals surface area (Å²) in [6, 6.07) is 15.2. The Labute approximate surface area is 198 Å². The van der Waals surface area contributed by atoms with Crippen LogP contribution < -0.4 is 14.4 Å². The van der Waals surface area contributed by atoms with E-state index >= 15 is 0 Å². The third-order valence-electron chi connectivity index (χ3n) is 4.93. The molecule has 8 heteroatoms. The first-order chi connectivity index (χ1) is 15.8. The van der Waals surface area contributed by atoms with Gasteiger partial charge >= 0.3 is 0 Å². The largest absolute Gasteiger partial charge is 0.491 e. The molecule has 0 saturated carbocycles. The van der Waals surface area contributed by atoms with Crippen molar-refractivity contribution < 1.29 is 14.3 Å². The maximum absolute atomic E-state index is 12.9. The number of rotatable bonds is 6. The van der Waals surface area contributed by atoms with E-state index in [1.54, 1.807) is 4.90 Å². The predicted octanol–water partition coefficient (Wildman–Crippen LogP) is 5.52. The highest BCUT2D eigenvalue weighted by Crippen LogP contribution is 2.43. The Bertz CT molecular complexity index is 1130. The normalized spacial score (nSPS) is 15.0. The van der Waals surface area contributed by atoms with E-state index in [9.17, 15) is 4.79 Å². The molecule has 172 valence electrons. The number of para-hydroxylation sites is 1. The number of amides is 1. The van der Waals surface area contributed by atoms with Gasteiger partial charge in [-0.1, -0.05) is 43.8 Å². The molecule has 0 saturated heterocycles. The first-order valence-electron chi connectivity index (χ1n) is 11.0. The van der Waals surface area contributed by atoms with E-state index < -0.39 is 6.23 Å². The smallest absolute Gasteiger partial charge is 0.247 e. The van der Waals surface area contributed by atoms with Gasteiger partial charge in [-0.2, -0.15) is 4.98 Å². The standard InChI is InChI=1S/C25H28N4O3S/c1-15(2)14-33-25-26-23-22(27-28-25)20-8-6-7-9-21(20)29(17(5)30)24(32-23)18-10-12-19(13-11-18)31-16(3)4/h6-13,15-16,24H,14H2,1-5H3. The zero-order chi connectivity index (χ0) is 23.5. The van der Waals surface area contributed by atoms with Crippen LogP contribution in [0.4, 0.5) is 5.69 Å². The molecule has 0 fully saturated rings. The van der Waals surface area contributed by atoms with E-state index in [1.807, 2.05) is 62.4 Å². The fourth-order valence-electron chi connectivity index (χ4n) is 3.56. The van der Waals surface area contributed by atoms with Gasteiger partial charge in [0.15, 0.2) is 5.69 Å². The van der Waals surface area contributed by atoms with E-state index in [1.165, 1.54) is 18.7 Å². The molecule has 0 aliphatic carbocycles. The number of carbonyl (C=O) groups excluding carboxylic acids is 1. The van der Waals surface area contributed by atoms with Crippen molar-refractivity contribution in [3.05, 3.63) is 54.1 Å². The van der Waals surface area contributed by atoms with Gasteiger partial charge in [0.05, 0.1) is 11.8 Å². The summed E-state index contributed by atoms with van der Waals surface area (Å²) in [5.41, 5.74) is 2.78. The van der Waals surface area contributed by atoms with Gasteiger partial charge < -0.3 is 9.47 Å². The molecule has 0 bridgehead atoms. The molecule has 1 aliphatic rings. The molecule has 0 N–H and O–H groups in total. The van der Waals surface area contributed by atoms with Crippen LogP contribution in [0.3, 0.4) is 0 Å². The zero-order valence-electron chi connectivity index (χ0n) is 19.5. The van der Waals surface area contributed by atoms with Crippen molar-refractivity contribution in [2.24, 2.45) is 5.92 Å². The van der Waals surface area contributed by atoms with Crippen LogP contribution in [-0.4, -0.2) is 32.9 Å². The Morgan fingerprint density at radius 2 is 1.82 bits per heavy atom. The summed E-state index contributed by atoms with van der Waals surface area (Å²) in [6.07, 6.45) is -0.639. The van der Waals surface area contributed by atoms with Crippen molar-refractivity contribution in [2.75, 3.05) is 10.7 Å². The number of fused-ring (bicyclic) bond motifs is 3. The first kappa shape index (κ1) is 23.0. The quantitative estimate of drug-likeness (QED) is 0.445. The van der Waals surface area contributed by atoms with Gasteiger partial charge in [-0.15, -0.1) is 10.2 Å². The number of benzene rings is 2. The van der Waals surface area contributed by atoms with Gasteiger partial charge in [0.25, 0.3) is 0 Å². The van der Waals surface area contributed by atoms with Gasteiger partial charge in [-0.25, -0.2) is 0 Å². The van der Waals surface area contributed by atoms with Crippen LogP contribution in [0.2, 0.25) is 0 Å². The summed E-state index contributed by atoms with van der Waals surface area (Å²) in [6.45, 7) is 9.78. The van der Waals surface area contributed by atoms with Crippen molar-refractivity contribution in [1.82, 2.24) is 15.2 Å². The van der Waals surface area contributed by atoms with Gasteiger partial charge in [-0.05, 0) is 50.1 Å². The second-order valence-electron chi connectivity index (χ2n) is 8.57. The summed E-state index contributed by atoms with van der Waals surface area (Å²) < 4.78 is 12.2. The average Bonchev–Trinajstić information content (AvgIpc) is 2.92. The highest BCUT2D eigenvalue weighted by molar-refractivity contribution is 7.99. The van der Waals surface area contributed by atoms with E-state index in [2.05, 4.69) is 29.0 Å². The van der Waals surface area contributed by atoms with Gasteiger partial charge in [0.2, 0.25) is 23.2 Å². The number of nitrogens with zero attached hydrogens (tertiary/aromatic N) is 4. The van der Waals surface area contributed by atoms with Crippen LogP contribution in [-0.2, 0) is 4.79 Å². The van der Waals surface area contributed by atoms with Gasteiger partial charge in [-0.3, -0.25) is 9.69 Å². The maximum Gasteiger partial charge on any atom is 0.247 e. The maximum atomic E-state index is 12.9. The van der Waals surface area contributed by atoms with Crippen LogP contribution in [0.5, 0.6) is 11.6 Å². The Morgan fingerprint density at radius 3 is 2.48 bits per heavy atom. The van der Waals surface area contributed by atoms with Gasteiger partial charge in [0, 0.05) is 23.8 Å². The predicted molar refractivity (Wildman–Crippen MR) is 130 cm³/mol. The Kier molecular flexibility index (Phi) is 6.83. The lowest BCUT2D eigenvalue weighted by molar-refractivity contribution is -0.118. The Hall–Kier alpha value is -3.13. The molecule has 0 radical (unpaired) electrons. The van der Waals surface area contributed by atoms with Crippen LogP contribution in [0.25, 0.3) is 11.3 Å². The molecule has 1 atom stereocenters. The topological polar surface area (TPSA) is 77.4 Å². The summed E-state index contributed by atoms with van der Waals surface area (Å²) in [5.74, 6) is 2.34. The van der Waals surface area contributed by atoms with Crippen molar-refractivity contribution in [3.63, 3.8) is 0 Å². The van der Waals surface area contributed by atoms with Crippen LogP contribution in [0.1, 0.15) is 46.4 Å². The minimum atomic E-state index is -0.711. The average molecular weight is 465 g/mol. The number of carbonyl (C=O) groups is 1. The Morgan fingerprint density at radius 1 is 1.09 bits per heavy atom. The number of thioether (sulfide) groups is 1. The number of hydrogen-bond acceptors (Lipinski definition) is 7. The number of aromatic nitrogens is 3. The number of hydrogen-bond donors (Lipinski definition) is 0. The minimum absolute atomic E-state index is 0.0713. The van der Waals surface area contributed by atoms with Crippen LogP contribution in [0.15, 0.2) is 53.7 Å². The third-order valence-corrected chi connectivity index (χ3v) is 6.20. The molecular formula is C25H28N4O3S.